The first-order valence-corrected chi connectivity index (χ1v) is 6.86. The highest BCUT2D eigenvalue weighted by molar-refractivity contribution is 6.30. The zero-order valence-electron chi connectivity index (χ0n) is 11.7. The van der Waals surface area contributed by atoms with Gasteiger partial charge in [0.2, 0.25) is 5.88 Å². The smallest absolute Gasteiger partial charge is 0.226 e. The lowest BCUT2D eigenvalue weighted by Gasteiger charge is -2.10. The first kappa shape index (κ1) is 14.7. The number of benzene rings is 1. The van der Waals surface area contributed by atoms with Gasteiger partial charge in [0.1, 0.15) is 22.5 Å². The van der Waals surface area contributed by atoms with Crippen molar-refractivity contribution in [2.24, 2.45) is 0 Å². The molecule has 0 saturated carbocycles. The normalized spacial score (nSPS) is 10.7. The maximum atomic E-state index is 13.5. The second-order valence-electron chi connectivity index (χ2n) is 4.62. The van der Waals surface area contributed by atoms with Crippen molar-refractivity contribution in [3.63, 3.8) is 0 Å². The molecule has 0 radical (unpaired) electrons. The molecule has 3 nitrogen and oxygen atoms in total. The monoisotopic (exact) mass is 294 g/mol. The van der Waals surface area contributed by atoms with Crippen LogP contribution >= 0.6 is 11.6 Å². The van der Waals surface area contributed by atoms with Crippen molar-refractivity contribution in [1.82, 2.24) is 9.97 Å². The minimum absolute atomic E-state index is 0.311. The molecule has 0 N–H and O–H groups in total. The Morgan fingerprint density at radius 2 is 2.00 bits per heavy atom. The van der Waals surface area contributed by atoms with Crippen LogP contribution in [0.1, 0.15) is 30.3 Å². The Hall–Kier alpha value is -1.68. The van der Waals surface area contributed by atoms with E-state index in [0.717, 1.165) is 12.8 Å². The van der Waals surface area contributed by atoms with Gasteiger partial charge >= 0.3 is 0 Å². The van der Waals surface area contributed by atoms with Crippen molar-refractivity contribution in [2.45, 2.75) is 33.6 Å². The molecule has 0 unspecified atom stereocenters. The van der Waals surface area contributed by atoms with Crippen molar-refractivity contribution in [1.29, 1.82) is 0 Å². The van der Waals surface area contributed by atoms with Crippen LogP contribution in [0.2, 0.25) is 5.15 Å². The summed E-state index contributed by atoms with van der Waals surface area (Å²) in [5.74, 6) is 1.09. The number of aryl methyl sites for hydroxylation is 2. The molecule has 0 aliphatic rings. The van der Waals surface area contributed by atoms with Gasteiger partial charge in [-0.25, -0.2) is 9.37 Å². The van der Waals surface area contributed by atoms with E-state index in [1.54, 1.807) is 26.0 Å². The summed E-state index contributed by atoms with van der Waals surface area (Å²) < 4.78 is 19.2. The third-order valence-corrected chi connectivity index (χ3v) is 3.29. The Balaban J connectivity index is 2.34. The van der Waals surface area contributed by atoms with Crippen LogP contribution in [0.5, 0.6) is 11.6 Å². The van der Waals surface area contributed by atoms with Crippen molar-refractivity contribution in [3.05, 3.63) is 46.1 Å². The number of nitrogens with zero attached hydrogens (tertiary/aromatic N) is 2. The first-order valence-electron chi connectivity index (χ1n) is 6.48. The highest BCUT2D eigenvalue weighted by Gasteiger charge is 2.12. The Morgan fingerprint density at radius 1 is 1.25 bits per heavy atom. The predicted molar refractivity (Wildman–Crippen MR) is 77.0 cm³/mol. The zero-order chi connectivity index (χ0) is 14.7. The molecule has 20 heavy (non-hydrogen) atoms. The third-order valence-electron chi connectivity index (χ3n) is 2.92. The SMILES string of the molecule is CCCc1nc(Cl)c(C)c(Oc2ccc(C)c(F)c2)n1. The number of halogens is 2. The molecule has 5 heteroatoms. The average molecular weight is 295 g/mol. The van der Waals surface area contributed by atoms with Crippen LogP contribution < -0.4 is 4.74 Å². The minimum atomic E-state index is -0.311. The molecule has 0 bridgehead atoms. The first-order chi connectivity index (χ1) is 9.51. The molecule has 1 aromatic carbocycles. The third kappa shape index (κ3) is 3.25. The molecule has 0 atom stereocenters. The molecule has 0 amide bonds. The van der Waals surface area contributed by atoms with E-state index < -0.39 is 0 Å². The molecule has 2 rings (SSSR count). The Bertz CT molecular complexity index is 632. The summed E-state index contributed by atoms with van der Waals surface area (Å²) in [6.07, 6.45) is 1.64. The van der Waals surface area contributed by atoms with E-state index in [2.05, 4.69) is 9.97 Å². The van der Waals surface area contributed by atoms with Crippen molar-refractivity contribution >= 4 is 11.6 Å². The van der Waals surface area contributed by atoms with Crippen LogP contribution in [0.15, 0.2) is 18.2 Å². The Kier molecular flexibility index (Phi) is 4.55. The molecule has 0 aliphatic heterocycles. The Labute approximate surface area is 122 Å². The van der Waals surface area contributed by atoms with Crippen molar-refractivity contribution in [3.8, 4) is 11.6 Å². The zero-order valence-corrected chi connectivity index (χ0v) is 12.5. The fraction of sp³-hybridized carbons (Fsp3) is 0.333. The van der Waals surface area contributed by atoms with Gasteiger partial charge < -0.3 is 4.74 Å². The highest BCUT2D eigenvalue weighted by atomic mass is 35.5. The molecule has 0 aliphatic carbocycles. The van der Waals surface area contributed by atoms with Gasteiger partial charge in [-0.1, -0.05) is 24.6 Å². The summed E-state index contributed by atoms with van der Waals surface area (Å²) in [6, 6.07) is 4.70. The number of hydrogen-bond donors (Lipinski definition) is 0. The molecule has 106 valence electrons. The molecule has 2 aromatic rings. The predicted octanol–water partition coefficient (Wildman–Crippen LogP) is 4.63. The topological polar surface area (TPSA) is 35.0 Å². The summed E-state index contributed by atoms with van der Waals surface area (Å²) >= 11 is 6.07. The van der Waals surface area contributed by atoms with Gasteiger partial charge in [0, 0.05) is 18.1 Å². The number of hydrogen-bond acceptors (Lipinski definition) is 3. The van der Waals surface area contributed by atoms with E-state index in [9.17, 15) is 4.39 Å². The molecular weight excluding hydrogens is 279 g/mol. The number of rotatable bonds is 4. The van der Waals surface area contributed by atoms with Gasteiger partial charge in [-0.05, 0) is 31.9 Å². The van der Waals surface area contributed by atoms with E-state index in [1.807, 2.05) is 6.92 Å². The van der Waals surface area contributed by atoms with Crippen LogP contribution in [0, 0.1) is 19.7 Å². The van der Waals surface area contributed by atoms with E-state index in [4.69, 9.17) is 16.3 Å². The van der Waals surface area contributed by atoms with E-state index in [-0.39, 0.29) is 5.82 Å². The maximum absolute atomic E-state index is 13.5. The molecule has 1 aromatic heterocycles. The summed E-state index contributed by atoms with van der Waals surface area (Å²) in [5, 5.41) is 0.367. The number of aromatic nitrogens is 2. The van der Waals surface area contributed by atoms with Gasteiger partial charge in [-0.2, -0.15) is 4.98 Å². The van der Waals surface area contributed by atoms with Crippen LogP contribution in [-0.2, 0) is 6.42 Å². The van der Waals surface area contributed by atoms with Gasteiger partial charge in [0.05, 0.1) is 0 Å². The van der Waals surface area contributed by atoms with Crippen LogP contribution in [0.25, 0.3) is 0 Å². The van der Waals surface area contributed by atoms with Crippen LogP contribution in [0.4, 0.5) is 4.39 Å². The Morgan fingerprint density at radius 3 is 2.65 bits per heavy atom. The standard InChI is InChI=1S/C15H16ClFN2O/c1-4-5-13-18-14(16)10(3)15(19-13)20-11-7-6-9(2)12(17)8-11/h6-8H,4-5H2,1-3H3. The molecule has 0 fully saturated rings. The lowest BCUT2D eigenvalue weighted by atomic mass is 10.2. The molecule has 1 heterocycles. The summed E-state index contributed by atoms with van der Waals surface area (Å²) in [4.78, 5) is 8.53. The van der Waals surface area contributed by atoms with Crippen LogP contribution in [-0.4, -0.2) is 9.97 Å². The molecule has 0 saturated heterocycles. The highest BCUT2D eigenvalue weighted by Crippen LogP contribution is 2.28. The van der Waals surface area contributed by atoms with E-state index >= 15 is 0 Å². The quantitative estimate of drug-likeness (QED) is 0.771. The fourth-order valence-electron chi connectivity index (χ4n) is 1.69. The lowest BCUT2D eigenvalue weighted by molar-refractivity contribution is 0.449. The van der Waals surface area contributed by atoms with Gasteiger partial charge in [-0.15, -0.1) is 0 Å². The van der Waals surface area contributed by atoms with Gasteiger partial charge in [-0.3, -0.25) is 0 Å². The summed E-state index contributed by atoms with van der Waals surface area (Å²) in [6.45, 7) is 5.51. The van der Waals surface area contributed by atoms with Gasteiger partial charge in [0.15, 0.2) is 0 Å². The average Bonchev–Trinajstić information content (AvgIpc) is 2.40. The van der Waals surface area contributed by atoms with Gasteiger partial charge in [0.25, 0.3) is 0 Å². The summed E-state index contributed by atoms with van der Waals surface area (Å²) in [7, 11) is 0. The molecule has 0 spiro atoms. The van der Waals surface area contributed by atoms with Crippen molar-refractivity contribution < 1.29 is 9.13 Å². The minimum Gasteiger partial charge on any atom is -0.438 e. The van der Waals surface area contributed by atoms with E-state index in [1.165, 1.54) is 6.07 Å². The second-order valence-corrected chi connectivity index (χ2v) is 4.98. The fourth-order valence-corrected chi connectivity index (χ4v) is 1.87. The van der Waals surface area contributed by atoms with E-state index in [0.29, 0.717) is 33.7 Å². The van der Waals surface area contributed by atoms with Crippen molar-refractivity contribution in [2.75, 3.05) is 0 Å². The largest absolute Gasteiger partial charge is 0.438 e. The summed E-state index contributed by atoms with van der Waals surface area (Å²) in [5.41, 5.74) is 1.22. The number of ether oxygens (including phenoxy) is 1. The molecular formula is C15H16ClFN2O. The lowest BCUT2D eigenvalue weighted by Crippen LogP contribution is -2.01. The maximum Gasteiger partial charge on any atom is 0.226 e. The second kappa shape index (κ2) is 6.18. The van der Waals surface area contributed by atoms with Crippen LogP contribution in [0.3, 0.4) is 0 Å².